The Morgan fingerprint density at radius 2 is 1.70 bits per heavy atom. The van der Waals surface area contributed by atoms with E-state index in [4.69, 9.17) is 4.98 Å². The van der Waals surface area contributed by atoms with Gasteiger partial charge in [0.15, 0.2) is 5.13 Å². The molecule has 1 amide bonds. The van der Waals surface area contributed by atoms with E-state index in [-0.39, 0.29) is 17.5 Å². The maximum absolute atomic E-state index is 13.2. The van der Waals surface area contributed by atoms with Gasteiger partial charge in [-0.25, -0.2) is 9.37 Å². The first-order valence-corrected chi connectivity index (χ1v) is 12.0. The lowest BCUT2D eigenvalue weighted by Gasteiger charge is -2.24. The van der Waals surface area contributed by atoms with Crippen LogP contribution < -0.4 is 4.90 Å². The fourth-order valence-corrected chi connectivity index (χ4v) is 5.16. The number of hydrogen-bond acceptors (Lipinski definition) is 5. The zero-order chi connectivity index (χ0) is 21.7. The van der Waals surface area contributed by atoms with Crippen molar-refractivity contribution in [3.05, 3.63) is 53.3 Å². The number of halogens is 1. The Balaban J connectivity index is 1.84. The molecule has 0 fully saturated rings. The molecule has 0 bridgehead atoms. The predicted molar refractivity (Wildman–Crippen MR) is 126 cm³/mol. The molecular formula is C23H28FN3OS2. The van der Waals surface area contributed by atoms with Crippen LogP contribution in [0.4, 0.5) is 9.52 Å². The van der Waals surface area contributed by atoms with Crippen LogP contribution in [-0.4, -0.2) is 47.7 Å². The topological polar surface area (TPSA) is 36.4 Å². The van der Waals surface area contributed by atoms with Gasteiger partial charge in [0.2, 0.25) is 5.91 Å². The summed E-state index contributed by atoms with van der Waals surface area (Å²) in [5, 5.41) is 0.749. The summed E-state index contributed by atoms with van der Waals surface area (Å²) in [6.45, 7) is 11.7. The fraction of sp³-hybridized carbons (Fsp3) is 0.391. The number of thiazole rings is 1. The molecule has 0 saturated carbocycles. The third kappa shape index (κ3) is 5.39. The molecule has 0 aliphatic rings. The number of fused-ring (bicyclic) bond motifs is 1. The molecule has 0 unspecified atom stereocenters. The van der Waals surface area contributed by atoms with Gasteiger partial charge in [0.1, 0.15) is 5.82 Å². The maximum Gasteiger partial charge on any atom is 0.239 e. The lowest BCUT2D eigenvalue weighted by atomic mass is 10.1. The van der Waals surface area contributed by atoms with E-state index in [1.54, 1.807) is 23.5 Å². The molecule has 1 aromatic heterocycles. The Morgan fingerprint density at radius 3 is 2.33 bits per heavy atom. The van der Waals surface area contributed by atoms with Crippen LogP contribution in [0.5, 0.6) is 0 Å². The van der Waals surface area contributed by atoms with Crippen LogP contribution in [-0.2, 0) is 4.79 Å². The largest absolute Gasteiger partial charge is 0.302 e. The van der Waals surface area contributed by atoms with Crippen molar-refractivity contribution in [3.8, 4) is 0 Å². The summed E-state index contributed by atoms with van der Waals surface area (Å²) in [5.41, 5.74) is 3.27. The van der Waals surface area contributed by atoms with E-state index in [2.05, 4.69) is 44.7 Å². The van der Waals surface area contributed by atoms with Crippen LogP contribution in [0.3, 0.4) is 0 Å². The van der Waals surface area contributed by atoms with Gasteiger partial charge in [-0.2, -0.15) is 0 Å². The predicted octanol–water partition coefficient (Wildman–Crippen LogP) is 5.52. The lowest BCUT2D eigenvalue weighted by molar-refractivity contribution is -0.116. The summed E-state index contributed by atoms with van der Waals surface area (Å²) in [7, 11) is 0. The van der Waals surface area contributed by atoms with Crippen LogP contribution in [0.15, 0.2) is 41.3 Å². The number of aryl methyl sites for hydroxylation is 2. The number of rotatable bonds is 9. The Morgan fingerprint density at radius 1 is 1.03 bits per heavy atom. The first kappa shape index (κ1) is 22.7. The molecule has 30 heavy (non-hydrogen) atoms. The van der Waals surface area contributed by atoms with Crippen molar-refractivity contribution in [1.29, 1.82) is 0 Å². The first-order chi connectivity index (χ1) is 14.4. The normalized spacial score (nSPS) is 11.4. The SMILES string of the molecule is CCN(CC)CCN(C(=O)CSc1ccc(F)cc1)c1nc2c(C)ccc(C)c2s1. The van der Waals surface area contributed by atoms with Gasteiger partial charge in [0, 0.05) is 18.0 Å². The lowest BCUT2D eigenvalue weighted by Crippen LogP contribution is -2.39. The number of carbonyl (C=O) groups excluding carboxylic acids is 1. The molecule has 4 nitrogen and oxygen atoms in total. The van der Waals surface area contributed by atoms with Crippen molar-refractivity contribution < 1.29 is 9.18 Å². The second kappa shape index (κ2) is 10.4. The molecule has 0 saturated heterocycles. The molecule has 3 rings (SSSR count). The molecule has 0 aliphatic heterocycles. The van der Waals surface area contributed by atoms with E-state index in [1.165, 1.54) is 29.5 Å². The number of thioether (sulfide) groups is 1. The summed E-state index contributed by atoms with van der Waals surface area (Å²) in [6.07, 6.45) is 0. The standard InChI is InChI=1S/C23H28FN3OS2/c1-5-26(6-2)13-14-27(20(28)15-29-19-11-9-18(24)10-12-19)23-25-21-16(3)7-8-17(4)22(21)30-23/h7-12H,5-6,13-15H2,1-4H3. The summed E-state index contributed by atoms with van der Waals surface area (Å²) in [5.74, 6) is 0.0372. The minimum Gasteiger partial charge on any atom is -0.302 e. The summed E-state index contributed by atoms with van der Waals surface area (Å²) in [6, 6.07) is 10.4. The molecule has 0 atom stereocenters. The first-order valence-electron chi connectivity index (χ1n) is 10.2. The summed E-state index contributed by atoms with van der Waals surface area (Å²) in [4.78, 5) is 23.0. The highest BCUT2D eigenvalue weighted by molar-refractivity contribution is 8.00. The smallest absolute Gasteiger partial charge is 0.239 e. The third-order valence-electron chi connectivity index (χ3n) is 5.17. The summed E-state index contributed by atoms with van der Waals surface area (Å²) < 4.78 is 14.3. The average molecular weight is 446 g/mol. The minimum atomic E-state index is -0.272. The zero-order valence-electron chi connectivity index (χ0n) is 17.9. The average Bonchev–Trinajstić information content (AvgIpc) is 3.20. The molecule has 0 spiro atoms. The van der Waals surface area contributed by atoms with Crippen LogP contribution in [0.25, 0.3) is 10.2 Å². The minimum absolute atomic E-state index is 0.0193. The van der Waals surface area contributed by atoms with Crippen molar-refractivity contribution in [2.24, 2.45) is 0 Å². The van der Waals surface area contributed by atoms with Crippen LogP contribution in [0.1, 0.15) is 25.0 Å². The Kier molecular flexibility index (Phi) is 7.86. The van der Waals surface area contributed by atoms with Gasteiger partial charge in [0.05, 0.1) is 16.0 Å². The van der Waals surface area contributed by atoms with Crippen LogP contribution in [0, 0.1) is 19.7 Å². The van der Waals surface area contributed by atoms with E-state index < -0.39 is 0 Å². The van der Waals surface area contributed by atoms with Gasteiger partial charge in [-0.1, -0.05) is 37.3 Å². The molecular weight excluding hydrogens is 417 g/mol. The van der Waals surface area contributed by atoms with Gasteiger partial charge < -0.3 is 4.90 Å². The molecule has 1 heterocycles. The molecule has 0 aliphatic carbocycles. The van der Waals surface area contributed by atoms with Gasteiger partial charge >= 0.3 is 0 Å². The number of anilines is 1. The van der Waals surface area contributed by atoms with E-state index in [1.807, 2.05) is 4.90 Å². The number of aromatic nitrogens is 1. The van der Waals surface area contributed by atoms with Gasteiger partial charge in [-0.05, 0) is 62.3 Å². The second-order valence-electron chi connectivity index (χ2n) is 7.19. The Hall–Kier alpha value is -1.96. The highest BCUT2D eigenvalue weighted by Gasteiger charge is 2.21. The molecule has 2 aromatic carbocycles. The fourth-order valence-electron chi connectivity index (χ4n) is 3.23. The van der Waals surface area contributed by atoms with Crippen molar-refractivity contribution in [2.45, 2.75) is 32.6 Å². The van der Waals surface area contributed by atoms with Crippen LogP contribution in [0.2, 0.25) is 0 Å². The highest BCUT2D eigenvalue weighted by atomic mass is 32.2. The van der Waals surface area contributed by atoms with Gasteiger partial charge in [0.25, 0.3) is 0 Å². The van der Waals surface area contributed by atoms with E-state index in [0.717, 1.165) is 45.4 Å². The third-order valence-corrected chi connectivity index (χ3v) is 7.38. The molecule has 7 heteroatoms. The van der Waals surface area contributed by atoms with Crippen molar-refractivity contribution >= 4 is 44.4 Å². The number of likely N-dealkylation sites (N-methyl/N-ethyl adjacent to an activating group) is 1. The summed E-state index contributed by atoms with van der Waals surface area (Å²) >= 11 is 3.01. The zero-order valence-corrected chi connectivity index (χ0v) is 19.6. The highest BCUT2D eigenvalue weighted by Crippen LogP contribution is 2.33. The number of hydrogen-bond donors (Lipinski definition) is 0. The Bertz CT molecular complexity index is 961. The number of benzene rings is 2. The molecule has 3 aromatic rings. The van der Waals surface area contributed by atoms with E-state index in [9.17, 15) is 9.18 Å². The molecule has 0 N–H and O–H groups in total. The van der Waals surface area contributed by atoms with Crippen molar-refractivity contribution in [3.63, 3.8) is 0 Å². The van der Waals surface area contributed by atoms with Crippen LogP contribution >= 0.6 is 23.1 Å². The molecule has 160 valence electrons. The Labute approximate surface area is 186 Å². The number of amides is 1. The maximum atomic E-state index is 13.2. The number of nitrogens with zero attached hydrogens (tertiary/aromatic N) is 3. The van der Waals surface area contributed by atoms with Crippen molar-refractivity contribution in [2.75, 3.05) is 36.8 Å². The monoisotopic (exact) mass is 445 g/mol. The van der Waals surface area contributed by atoms with E-state index >= 15 is 0 Å². The van der Waals surface area contributed by atoms with Gasteiger partial charge in [-0.3, -0.25) is 9.69 Å². The van der Waals surface area contributed by atoms with Gasteiger partial charge in [-0.15, -0.1) is 11.8 Å². The quantitative estimate of drug-likeness (QED) is 0.407. The van der Waals surface area contributed by atoms with E-state index in [0.29, 0.717) is 6.54 Å². The number of carbonyl (C=O) groups is 1. The second-order valence-corrected chi connectivity index (χ2v) is 9.21. The van der Waals surface area contributed by atoms with Crippen molar-refractivity contribution in [1.82, 2.24) is 9.88 Å². The molecule has 0 radical (unpaired) electrons.